The zero-order valence-electron chi connectivity index (χ0n) is 36.7. The Morgan fingerprint density at radius 3 is 1.43 bits per heavy atom. The lowest BCUT2D eigenvalue weighted by atomic mass is 9.99. The monoisotopic (exact) mass is 744 g/mol. The summed E-state index contributed by atoms with van der Waals surface area (Å²) < 4.78 is 0. The van der Waals surface area contributed by atoms with Crippen molar-refractivity contribution in [3.05, 3.63) is 24.3 Å². The van der Waals surface area contributed by atoms with Crippen LogP contribution in [0.3, 0.4) is 0 Å². The van der Waals surface area contributed by atoms with Crippen LogP contribution in [0.1, 0.15) is 228 Å². The molecule has 0 heterocycles. The zero-order chi connectivity index (χ0) is 39.0. The molecule has 0 radical (unpaired) electrons. The van der Waals surface area contributed by atoms with Gasteiger partial charge in [-0.1, -0.05) is 194 Å². The lowest BCUT2D eigenvalue weighted by Gasteiger charge is -2.34. The molecule has 0 saturated carbocycles. The van der Waals surface area contributed by atoms with E-state index in [2.05, 4.69) is 76.1 Å². The number of allylic oxidation sites excluding steroid dienone is 4. The molecule has 0 saturated heterocycles. The Hall–Kier alpha value is -1.62. The van der Waals surface area contributed by atoms with E-state index in [4.69, 9.17) is 0 Å². The predicted molar refractivity (Wildman–Crippen MR) is 235 cm³/mol. The van der Waals surface area contributed by atoms with Crippen molar-refractivity contribution in [2.45, 2.75) is 234 Å². The molecule has 5 heteroatoms. The van der Waals surface area contributed by atoms with Gasteiger partial charge in [0.25, 0.3) is 0 Å². The molecule has 0 aliphatic rings. The Morgan fingerprint density at radius 2 is 0.943 bits per heavy atom. The summed E-state index contributed by atoms with van der Waals surface area (Å²) in [6.45, 7) is 17.5. The molecule has 1 N–H and O–H groups in total. The number of amides is 2. The third-order valence-electron chi connectivity index (χ3n) is 11.0. The van der Waals surface area contributed by atoms with E-state index in [1.165, 1.54) is 141 Å². The van der Waals surface area contributed by atoms with E-state index in [0.717, 1.165) is 58.2 Å². The fourth-order valence-electron chi connectivity index (χ4n) is 7.45. The first-order valence-corrected chi connectivity index (χ1v) is 23.5. The Morgan fingerprint density at radius 1 is 0.509 bits per heavy atom. The molecule has 0 aliphatic carbocycles. The van der Waals surface area contributed by atoms with Crippen LogP contribution in [0.15, 0.2) is 24.3 Å². The molecule has 2 amide bonds. The highest BCUT2D eigenvalue weighted by molar-refractivity contribution is 5.87. The first kappa shape index (κ1) is 51.4. The first-order valence-electron chi connectivity index (χ1n) is 23.5. The number of unbranched alkanes of at least 4 members (excludes halogenated alkanes) is 23. The third kappa shape index (κ3) is 32.3. The number of nitrogens with one attached hydrogen (secondary N) is 1. The fourth-order valence-corrected chi connectivity index (χ4v) is 7.45. The minimum Gasteiger partial charge on any atom is -0.354 e. The molecule has 0 rings (SSSR count). The van der Waals surface area contributed by atoms with Gasteiger partial charge >= 0.3 is 0 Å². The Bertz CT molecular complexity index is 850. The van der Waals surface area contributed by atoms with E-state index >= 15 is 0 Å². The average Bonchev–Trinajstić information content (AvgIpc) is 3.15. The first-order chi connectivity index (χ1) is 25.9. The maximum Gasteiger partial charge on any atom is 0.243 e. The van der Waals surface area contributed by atoms with Crippen molar-refractivity contribution in [2.24, 2.45) is 5.92 Å². The summed E-state index contributed by atoms with van der Waals surface area (Å²) in [4.78, 5) is 31.6. The molecule has 1 atom stereocenters. The summed E-state index contributed by atoms with van der Waals surface area (Å²) in [6, 6.07) is -0.391. The molecule has 1 unspecified atom stereocenters. The van der Waals surface area contributed by atoms with E-state index in [1.807, 2.05) is 4.90 Å². The van der Waals surface area contributed by atoms with Crippen molar-refractivity contribution in [3.8, 4) is 0 Å². The topological polar surface area (TPSA) is 52.7 Å². The Kier molecular flexibility index (Phi) is 38.8. The molecular weight excluding hydrogens is 651 g/mol. The van der Waals surface area contributed by atoms with Gasteiger partial charge < -0.3 is 15.1 Å². The summed E-state index contributed by atoms with van der Waals surface area (Å²) in [6.07, 6.45) is 45.2. The summed E-state index contributed by atoms with van der Waals surface area (Å²) in [5.74, 6) is 0.284. The highest BCUT2D eigenvalue weighted by Gasteiger charge is 2.31. The summed E-state index contributed by atoms with van der Waals surface area (Å²) in [5.41, 5.74) is 0. The van der Waals surface area contributed by atoms with Gasteiger partial charge in [-0.2, -0.15) is 0 Å². The van der Waals surface area contributed by atoms with Crippen LogP contribution in [-0.4, -0.2) is 60.4 Å². The summed E-state index contributed by atoms with van der Waals surface area (Å²) >= 11 is 0. The van der Waals surface area contributed by atoms with Gasteiger partial charge in [-0.05, 0) is 76.9 Å². The maximum atomic E-state index is 13.7. The maximum absolute atomic E-state index is 13.7. The van der Waals surface area contributed by atoms with E-state index in [1.54, 1.807) is 0 Å². The van der Waals surface area contributed by atoms with Crippen molar-refractivity contribution >= 4 is 11.8 Å². The Labute approximate surface area is 332 Å². The molecule has 0 aliphatic heterocycles. The molecule has 0 aromatic heterocycles. The van der Waals surface area contributed by atoms with Gasteiger partial charge in [0.15, 0.2) is 0 Å². The van der Waals surface area contributed by atoms with Crippen LogP contribution < -0.4 is 5.32 Å². The second kappa shape index (κ2) is 40.1. The fraction of sp³-hybridized carbons (Fsp3) is 0.875. The van der Waals surface area contributed by atoms with Gasteiger partial charge in [-0.3, -0.25) is 9.59 Å². The number of nitrogens with zero attached hydrogens (tertiary/aromatic N) is 2. The van der Waals surface area contributed by atoms with E-state index < -0.39 is 6.04 Å². The van der Waals surface area contributed by atoms with E-state index in [0.29, 0.717) is 19.5 Å². The second-order valence-corrected chi connectivity index (χ2v) is 16.2. The zero-order valence-corrected chi connectivity index (χ0v) is 36.7. The molecule has 0 spiro atoms. The van der Waals surface area contributed by atoms with E-state index in [9.17, 15) is 9.59 Å². The average molecular weight is 744 g/mol. The van der Waals surface area contributed by atoms with Gasteiger partial charge in [0, 0.05) is 19.5 Å². The summed E-state index contributed by atoms with van der Waals surface area (Å²) in [7, 11) is 0. The smallest absolute Gasteiger partial charge is 0.243 e. The molecule has 312 valence electrons. The third-order valence-corrected chi connectivity index (χ3v) is 11.0. The number of rotatable bonds is 40. The molecule has 0 fully saturated rings. The van der Waals surface area contributed by atoms with Crippen LogP contribution >= 0.6 is 0 Å². The van der Waals surface area contributed by atoms with Crippen molar-refractivity contribution < 1.29 is 9.59 Å². The van der Waals surface area contributed by atoms with Gasteiger partial charge in [-0.15, -0.1) is 0 Å². The molecule has 0 aromatic carbocycles. The number of carbonyl (C=O) groups is 2. The largest absolute Gasteiger partial charge is 0.354 e. The van der Waals surface area contributed by atoms with Crippen molar-refractivity contribution in [1.82, 2.24) is 15.1 Å². The highest BCUT2D eigenvalue weighted by Crippen LogP contribution is 2.18. The normalized spacial score (nSPS) is 12.5. The van der Waals surface area contributed by atoms with Gasteiger partial charge in [0.1, 0.15) is 6.04 Å². The Balaban J connectivity index is 4.47. The molecule has 0 bridgehead atoms. The van der Waals surface area contributed by atoms with Crippen LogP contribution in [0, 0.1) is 5.92 Å². The molecule has 53 heavy (non-hydrogen) atoms. The van der Waals surface area contributed by atoms with Crippen LogP contribution in [0.5, 0.6) is 0 Å². The van der Waals surface area contributed by atoms with E-state index in [-0.39, 0.29) is 17.7 Å². The molecule has 0 aromatic rings. The van der Waals surface area contributed by atoms with Crippen molar-refractivity contribution in [2.75, 3.05) is 32.7 Å². The lowest BCUT2D eigenvalue weighted by Crippen LogP contribution is -2.53. The summed E-state index contributed by atoms with van der Waals surface area (Å²) in [5, 5.41) is 3.24. The van der Waals surface area contributed by atoms with Crippen molar-refractivity contribution in [3.63, 3.8) is 0 Å². The molecule has 5 nitrogen and oxygen atoms in total. The van der Waals surface area contributed by atoms with Gasteiger partial charge in [0.05, 0.1) is 0 Å². The van der Waals surface area contributed by atoms with Crippen LogP contribution in [0.2, 0.25) is 0 Å². The predicted octanol–water partition coefficient (Wildman–Crippen LogP) is 13.8. The minimum absolute atomic E-state index is 0.0391. The number of hydrogen-bond acceptors (Lipinski definition) is 3. The quantitative estimate of drug-likeness (QED) is 0.0502. The van der Waals surface area contributed by atoms with Crippen molar-refractivity contribution in [1.29, 1.82) is 0 Å². The number of hydrogen-bond donors (Lipinski definition) is 1. The SMILES string of the molecule is CCCCC/C=C\C/C=C\CCCCCCCC(=O)N(CCCN(CC)CC)C(C(=O)NCCCCCCCCCCCCCCCCCC)C(C)C. The van der Waals surface area contributed by atoms with Crippen LogP contribution in [-0.2, 0) is 9.59 Å². The minimum atomic E-state index is -0.391. The standard InChI is InChI=1S/C48H93N3O2/c1-7-11-13-15-17-19-21-23-25-27-29-31-33-35-37-39-42-49-48(53)47(45(5)6)51(44-40-43-50(9-3)10-4)46(52)41-38-36-34-32-30-28-26-24-22-20-18-16-14-12-8-2/h18,20,24,26,45,47H,7-17,19,21-23,25,27-44H2,1-6H3,(H,49,53)/b20-18-,26-24-. The molecular formula is C48H93N3O2. The number of carbonyl (C=O) groups excluding carboxylic acids is 2. The second-order valence-electron chi connectivity index (χ2n) is 16.2. The lowest BCUT2D eigenvalue weighted by molar-refractivity contribution is -0.142. The van der Waals surface area contributed by atoms with Crippen LogP contribution in [0.25, 0.3) is 0 Å². The van der Waals surface area contributed by atoms with Gasteiger partial charge in [0.2, 0.25) is 11.8 Å². The highest BCUT2D eigenvalue weighted by atomic mass is 16.2. The van der Waals surface area contributed by atoms with Gasteiger partial charge in [-0.25, -0.2) is 0 Å². The van der Waals surface area contributed by atoms with Crippen LogP contribution in [0.4, 0.5) is 0 Å².